The fourth-order valence-electron chi connectivity index (χ4n) is 5.39. The lowest BCUT2D eigenvalue weighted by Gasteiger charge is -2.23. The SMILES string of the molecule is Cn1cc(C2C[C@H]2c2c(C(=O)O)cnn2-c2cccc(-c3cccc(OC4CCCCC4)c3)c2)nn1. The number of hydrogen-bond donors (Lipinski definition) is 1. The van der Waals surface area contributed by atoms with E-state index in [1.165, 1.54) is 25.5 Å². The maximum absolute atomic E-state index is 12.0. The van der Waals surface area contributed by atoms with Gasteiger partial charge in [-0.25, -0.2) is 9.48 Å². The van der Waals surface area contributed by atoms with E-state index in [0.717, 1.165) is 47.5 Å². The summed E-state index contributed by atoms with van der Waals surface area (Å²) in [5.41, 5.74) is 4.75. The molecular formula is C28H29N5O3. The van der Waals surface area contributed by atoms with E-state index in [-0.39, 0.29) is 17.4 Å². The van der Waals surface area contributed by atoms with E-state index in [1.54, 1.807) is 9.36 Å². The van der Waals surface area contributed by atoms with E-state index >= 15 is 0 Å². The van der Waals surface area contributed by atoms with Crippen molar-refractivity contribution in [3.63, 3.8) is 0 Å². The average Bonchev–Trinajstić information content (AvgIpc) is 3.34. The van der Waals surface area contributed by atoms with Gasteiger partial charge in [-0.05, 0) is 67.5 Å². The lowest BCUT2D eigenvalue weighted by atomic mass is 9.97. The van der Waals surface area contributed by atoms with Gasteiger partial charge in [0.25, 0.3) is 0 Å². The average molecular weight is 484 g/mol. The first-order valence-corrected chi connectivity index (χ1v) is 12.6. The zero-order valence-electron chi connectivity index (χ0n) is 20.2. The zero-order valence-corrected chi connectivity index (χ0v) is 20.2. The fraction of sp³-hybridized carbons (Fsp3) is 0.357. The Morgan fingerprint density at radius 1 is 1.03 bits per heavy atom. The van der Waals surface area contributed by atoms with Gasteiger partial charge in [-0.15, -0.1) is 5.10 Å². The Hall–Kier alpha value is -3.94. The quantitative estimate of drug-likeness (QED) is 0.381. The number of nitrogens with zero attached hydrogens (tertiary/aromatic N) is 5. The Morgan fingerprint density at radius 2 is 1.81 bits per heavy atom. The smallest absolute Gasteiger partial charge is 0.339 e. The van der Waals surface area contributed by atoms with E-state index in [1.807, 2.05) is 37.5 Å². The third kappa shape index (κ3) is 4.39. The molecule has 2 atom stereocenters. The Balaban J connectivity index is 1.31. The fourth-order valence-corrected chi connectivity index (χ4v) is 5.39. The van der Waals surface area contributed by atoms with Crippen molar-refractivity contribution in [1.29, 1.82) is 0 Å². The third-order valence-electron chi connectivity index (χ3n) is 7.29. The molecule has 2 heterocycles. The predicted octanol–water partition coefficient (Wildman–Crippen LogP) is 5.35. The van der Waals surface area contributed by atoms with Crippen molar-refractivity contribution in [1.82, 2.24) is 24.8 Å². The molecule has 0 aliphatic heterocycles. The van der Waals surface area contributed by atoms with Crippen LogP contribution in [0.15, 0.2) is 60.9 Å². The summed E-state index contributed by atoms with van der Waals surface area (Å²) in [6, 6.07) is 16.3. The largest absolute Gasteiger partial charge is 0.490 e. The second-order valence-electron chi connectivity index (χ2n) is 9.88. The Morgan fingerprint density at radius 3 is 2.56 bits per heavy atom. The van der Waals surface area contributed by atoms with Crippen molar-refractivity contribution in [3.05, 3.63) is 77.9 Å². The molecule has 2 aliphatic rings. The molecule has 2 aromatic carbocycles. The molecule has 4 aromatic rings. The van der Waals surface area contributed by atoms with Crippen molar-refractivity contribution in [2.45, 2.75) is 56.5 Å². The van der Waals surface area contributed by atoms with Gasteiger partial charge in [-0.3, -0.25) is 4.68 Å². The highest BCUT2D eigenvalue weighted by molar-refractivity contribution is 5.89. The molecule has 2 aromatic heterocycles. The van der Waals surface area contributed by atoms with E-state index in [2.05, 4.69) is 39.7 Å². The van der Waals surface area contributed by atoms with Crippen LogP contribution >= 0.6 is 0 Å². The first kappa shape index (κ1) is 22.5. The molecule has 0 amide bonds. The minimum atomic E-state index is -0.968. The lowest BCUT2D eigenvalue weighted by molar-refractivity contribution is 0.0695. The van der Waals surface area contributed by atoms with Gasteiger partial charge in [0.05, 0.1) is 29.4 Å². The molecule has 1 N–H and O–H groups in total. The van der Waals surface area contributed by atoms with Gasteiger partial charge in [0.15, 0.2) is 0 Å². The van der Waals surface area contributed by atoms with Crippen molar-refractivity contribution >= 4 is 5.97 Å². The number of carboxylic acids is 1. The standard InChI is InChI=1S/C28H29N5O3/c1-32-17-26(30-31-32)23-15-24(23)27-25(28(34)35)16-29-33(27)20-9-5-7-18(13-20)19-8-6-12-22(14-19)36-21-10-3-2-4-11-21/h5-9,12-14,16-17,21,23-24H,2-4,10-11,15H2,1H3,(H,34,35)/t23?,24-/m1/s1. The van der Waals surface area contributed by atoms with E-state index in [0.29, 0.717) is 11.8 Å². The molecule has 184 valence electrons. The predicted molar refractivity (Wildman–Crippen MR) is 135 cm³/mol. The van der Waals surface area contributed by atoms with Gasteiger partial charge < -0.3 is 9.84 Å². The minimum absolute atomic E-state index is 0.0335. The van der Waals surface area contributed by atoms with E-state index in [4.69, 9.17) is 4.74 Å². The van der Waals surface area contributed by atoms with Gasteiger partial charge in [0.2, 0.25) is 0 Å². The van der Waals surface area contributed by atoms with Crippen LogP contribution < -0.4 is 4.74 Å². The topological polar surface area (TPSA) is 95.1 Å². The summed E-state index contributed by atoms with van der Waals surface area (Å²) >= 11 is 0. The highest BCUT2D eigenvalue weighted by Crippen LogP contribution is 2.55. The second kappa shape index (κ2) is 9.26. The summed E-state index contributed by atoms with van der Waals surface area (Å²) in [7, 11) is 1.83. The summed E-state index contributed by atoms with van der Waals surface area (Å²) < 4.78 is 9.73. The Bertz CT molecular complexity index is 1400. The first-order chi connectivity index (χ1) is 17.6. The maximum Gasteiger partial charge on any atom is 0.339 e. The van der Waals surface area contributed by atoms with Crippen LogP contribution in [-0.4, -0.2) is 42.0 Å². The van der Waals surface area contributed by atoms with Crippen LogP contribution in [0.2, 0.25) is 0 Å². The second-order valence-corrected chi connectivity index (χ2v) is 9.88. The summed E-state index contributed by atoms with van der Waals surface area (Å²) in [5, 5.41) is 22.6. The summed E-state index contributed by atoms with van der Waals surface area (Å²) in [5.74, 6) is 0.0996. The molecule has 8 heteroatoms. The normalized spacial score (nSPS) is 19.8. The summed E-state index contributed by atoms with van der Waals surface area (Å²) in [6.45, 7) is 0. The molecule has 0 radical (unpaired) electrons. The molecule has 2 fully saturated rings. The molecular weight excluding hydrogens is 454 g/mol. The summed E-state index contributed by atoms with van der Waals surface area (Å²) in [4.78, 5) is 12.0. The van der Waals surface area contributed by atoms with Crippen LogP contribution in [-0.2, 0) is 7.05 Å². The molecule has 6 rings (SSSR count). The van der Waals surface area contributed by atoms with Crippen LogP contribution in [0, 0.1) is 0 Å². The molecule has 8 nitrogen and oxygen atoms in total. The van der Waals surface area contributed by atoms with Crippen molar-refractivity contribution in [2.75, 3.05) is 0 Å². The zero-order chi connectivity index (χ0) is 24.6. The van der Waals surface area contributed by atoms with Crippen LogP contribution in [0.5, 0.6) is 5.75 Å². The highest BCUT2D eigenvalue weighted by atomic mass is 16.5. The number of aromatic nitrogens is 5. The number of hydrogen-bond acceptors (Lipinski definition) is 5. The number of aromatic carboxylic acids is 1. The molecule has 2 aliphatic carbocycles. The van der Waals surface area contributed by atoms with Gasteiger partial charge in [-0.2, -0.15) is 5.10 Å². The number of aryl methyl sites for hydroxylation is 1. The van der Waals surface area contributed by atoms with Gasteiger partial charge in [0, 0.05) is 25.1 Å². The Labute approximate surface area is 209 Å². The number of carbonyl (C=O) groups is 1. The van der Waals surface area contributed by atoms with Crippen molar-refractivity contribution in [3.8, 4) is 22.6 Å². The van der Waals surface area contributed by atoms with Crippen LogP contribution in [0.3, 0.4) is 0 Å². The number of carboxylic acid groups (broad SMARTS) is 1. The van der Waals surface area contributed by atoms with Crippen molar-refractivity contribution < 1.29 is 14.6 Å². The maximum atomic E-state index is 12.0. The molecule has 36 heavy (non-hydrogen) atoms. The number of ether oxygens (including phenoxy) is 1. The molecule has 2 saturated carbocycles. The van der Waals surface area contributed by atoms with Gasteiger partial charge in [-0.1, -0.05) is 35.9 Å². The monoisotopic (exact) mass is 483 g/mol. The Kier molecular flexibility index (Phi) is 5.79. The van der Waals surface area contributed by atoms with Gasteiger partial charge >= 0.3 is 5.97 Å². The van der Waals surface area contributed by atoms with E-state index in [9.17, 15) is 9.90 Å². The molecule has 0 spiro atoms. The highest BCUT2D eigenvalue weighted by Gasteiger charge is 2.46. The van der Waals surface area contributed by atoms with Crippen LogP contribution in [0.1, 0.15) is 72.1 Å². The van der Waals surface area contributed by atoms with Crippen LogP contribution in [0.4, 0.5) is 0 Å². The number of rotatable bonds is 7. The van der Waals surface area contributed by atoms with Crippen LogP contribution in [0.25, 0.3) is 16.8 Å². The van der Waals surface area contributed by atoms with E-state index < -0.39 is 5.97 Å². The number of benzene rings is 2. The lowest BCUT2D eigenvalue weighted by Crippen LogP contribution is -2.19. The van der Waals surface area contributed by atoms with Gasteiger partial charge in [0.1, 0.15) is 11.3 Å². The molecule has 0 saturated heterocycles. The molecule has 1 unspecified atom stereocenters. The minimum Gasteiger partial charge on any atom is -0.490 e. The summed E-state index contributed by atoms with van der Waals surface area (Å²) in [6.07, 6.45) is 10.5. The third-order valence-corrected chi connectivity index (χ3v) is 7.29. The first-order valence-electron chi connectivity index (χ1n) is 12.6. The van der Waals surface area contributed by atoms with Crippen molar-refractivity contribution in [2.24, 2.45) is 7.05 Å². The molecule has 0 bridgehead atoms.